The zero-order chi connectivity index (χ0) is 14.2. The van der Waals surface area contributed by atoms with Gasteiger partial charge in [0.2, 0.25) is 0 Å². The number of carbonyl (C=O) groups excluding carboxylic acids is 1. The number of halogens is 1. The SMILES string of the molecule is O=C(CNc1ccccc1)N/N=C\c1cccc(F)c1. The summed E-state index contributed by atoms with van der Waals surface area (Å²) in [6.07, 6.45) is 1.39. The highest BCUT2D eigenvalue weighted by atomic mass is 19.1. The molecule has 0 saturated carbocycles. The molecule has 0 aliphatic heterocycles. The Hall–Kier alpha value is -2.69. The average Bonchev–Trinajstić information content (AvgIpc) is 2.46. The van der Waals surface area contributed by atoms with Gasteiger partial charge in [-0.1, -0.05) is 30.3 Å². The van der Waals surface area contributed by atoms with Crippen LogP contribution in [0.1, 0.15) is 5.56 Å². The number of hydrazone groups is 1. The van der Waals surface area contributed by atoms with Crippen molar-refractivity contribution in [1.29, 1.82) is 0 Å². The summed E-state index contributed by atoms with van der Waals surface area (Å²) < 4.78 is 12.9. The lowest BCUT2D eigenvalue weighted by molar-refractivity contribution is -0.119. The number of benzene rings is 2. The zero-order valence-electron chi connectivity index (χ0n) is 10.7. The molecule has 0 fully saturated rings. The van der Waals surface area contributed by atoms with E-state index in [0.717, 1.165) is 5.69 Å². The normalized spacial score (nSPS) is 10.4. The van der Waals surface area contributed by atoms with E-state index in [4.69, 9.17) is 0 Å². The van der Waals surface area contributed by atoms with Crippen LogP contribution < -0.4 is 10.7 Å². The van der Waals surface area contributed by atoms with Gasteiger partial charge in [0.25, 0.3) is 5.91 Å². The molecule has 0 atom stereocenters. The van der Waals surface area contributed by atoms with Crippen molar-refractivity contribution in [2.24, 2.45) is 5.10 Å². The fourth-order valence-electron chi connectivity index (χ4n) is 1.54. The smallest absolute Gasteiger partial charge is 0.259 e. The molecule has 0 unspecified atom stereocenters. The van der Waals surface area contributed by atoms with Crippen molar-refractivity contribution in [2.75, 3.05) is 11.9 Å². The Morgan fingerprint density at radius 1 is 1.15 bits per heavy atom. The number of nitrogens with one attached hydrogen (secondary N) is 2. The molecule has 0 heterocycles. The summed E-state index contributed by atoms with van der Waals surface area (Å²) in [5, 5.41) is 6.72. The van der Waals surface area contributed by atoms with E-state index in [9.17, 15) is 9.18 Å². The van der Waals surface area contributed by atoms with Crippen molar-refractivity contribution < 1.29 is 9.18 Å². The molecule has 0 aliphatic rings. The lowest BCUT2D eigenvalue weighted by Gasteiger charge is -2.04. The lowest BCUT2D eigenvalue weighted by Crippen LogP contribution is -2.25. The molecule has 0 radical (unpaired) electrons. The third kappa shape index (κ3) is 4.53. The van der Waals surface area contributed by atoms with Crippen LogP contribution in [-0.2, 0) is 4.79 Å². The van der Waals surface area contributed by atoms with Gasteiger partial charge in [-0.3, -0.25) is 4.79 Å². The van der Waals surface area contributed by atoms with Crippen LogP contribution >= 0.6 is 0 Å². The van der Waals surface area contributed by atoms with Crippen LogP contribution in [0.25, 0.3) is 0 Å². The van der Waals surface area contributed by atoms with E-state index in [0.29, 0.717) is 5.56 Å². The van der Waals surface area contributed by atoms with Crippen molar-refractivity contribution in [3.05, 3.63) is 66.0 Å². The zero-order valence-corrected chi connectivity index (χ0v) is 10.7. The molecule has 2 aromatic carbocycles. The standard InChI is InChI=1S/C15H14FN3O/c16-13-6-4-5-12(9-13)10-18-19-15(20)11-17-14-7-2-1-3-8-14/h1-10,17H,11H2,(H,19,20)/b18-10-. The van der Waals surface area contributed by atoms with Gasteiger partial charge in [0.05, 0.1) is 12.8 Å². The Bertz CT molecular complexity index is 599. The maximum absolute atomic E-state index is 12.9. The minimum absolute atomic E-state index is 0.116. The van der Waals surface area contributed by atoms with E-state index in [1.165, 1.54) is 18.3 Å². The Morgan fingerprint density at radius 3 is 2.70 bits per heavy atom. The van der Waals surface area contributed by atoms with Gasteiger partial charge in [0.15, 0.2) is 0 Å². The van der Waals surface area contributed by atoms with E-state index in [2.05, 4.69) is 15.8 Å². The molecule has 4 nitrogen and oxygen atoms in total. The van der Waals surface area contributed by atoms with Crippen LogP contribution in [0, 0.1) is 5.82 Å². The van der Waals surface area contributed by atoms with E-state index in [-0.39, 0.29) is 18.3 Å². The van der Waals surface area contributed by atoms with Gasteiger partial charge >= 0.3 is 0 Å². The largest absolute Gasteiger partial charge is 0.376 e. The second kappa shape index (κ2) is 7.04. The third-order valence-electron chi connectivity index (χ3n) is 2.48. The van der Waals surface area contributed by atoms with Crippen molar-refractivity contribution in [1.82, 2.24) is 5.43 Å². The molecule has 2 aromatic rings. The van der Waals surface area contributed by atoms with Gasteiger partial charge in [-0.05, 0) is 29.8 Å². The molecule has 20 heavy (non-hydrogen) atoms. The molecule has 2 rings (SSSR count). The molecule has 2 N–H and O–H groups in total. The highest BCUT2D eigenvalue weighted by Gasteiger charge is 1.98. The molecule has 0 spiro atoms. The number of carbonyl (C=O) groups is 1. The van der Waals surface area contributed by atoms with E-state index < -0.39 is 0 Å². The number of amides is 1. The maximum atomic E-state index is 12.9. The summed E-state index contributed by atoms with van der Waals surface area (Å²) in [6, 6.07) is 15.3. The van der Waals surface area contributed by atoms with Crippen molar-refractivity contribution in [3.63, 3.8) is 0 Å². The third-order valence-corrected chi connectivity index (χ3v) is 2.48. The van der Waals surface area contributed by atoms with Crippen LogP contribution in [0.5, 0.6) is 0 Å². The summed E-state index contributed by atoms with van der Waals surface area (Å²) in [5.74, 6) is -0.618. The number of para-hydroxylation sites is 1. The van der Waals surface area contributed by atoms with E-state index in [1.54, 1.807) is 12.1 Å². The second-order valence-electron chi connectivity index (χ2n) is 4.07. The average molecular weight is 271 g/mol. The fourth-order valence-corrected chi connectivity index (χ4v) is 1.54. The number of hydrogen-bond donors (Lipinski definition) is 2. The Balaban J connectivity index is 1.78. The number of anilines is 1. The first kappa shape index (κ1) is 13.7. The van der Waals surface area contributed by atoms with Gasteiger partial charge in [-0.2, -0.15) is 5.10 Å². The number of hydrogen-bond acceptors (Lipinski definition) is 3. The maximum Gasteiger partial charge on any atom is 0.259 e. The Morgan fingerprint density at radius 2 is 1.95 bits per heavy atom. The van der Waals surface area contributed by atoms with Gasteiger partial charge < -0.3 is 5.32 Å². The van der Waals surface area contributed by atoms with E-state index in [1.807, 2.05) is 30.3 Å². The number of rotatable bonds is 5. The predicted octanol–water partition coefficient (Wildman–Crippen LogP) is 2.39. The molecular formula is C15H14FN3O. The van der Waals surface area contributed by atoms with Gasteiger partial charge in [-0.15, -0.1) is 0 Å². The van der Waals surface area contributed by atoms with Crippen LogP contribution in [0.2, 0.25) is 0 Å². The van der Waals surface area contributed by atoms with Crippen LogP contribution in [0.15, 0.2) is 59.7 Å². The fraction of sp³-hybridized carbons (Fsp3) is 0.0667. The first-order valence-corrected chi connectivity index (χ1v) is 6.10. The highest BCUT2D eigenvalue weighted by molar-refractivity contribution is 5.84. The van der Waals surface area contributed by atoms with Crippen molar-refractivity contribution in [2.45, 2.75) is 0 Å². The summed E-state index contributed by atoms with van der Waals surface area (Å²) in [6.45, 7) is 0.116. The van der Waals surface area contributed by atoms with Crippen LogP contribution in [0.4, 0.5) is 10.1 Å². The first-order chi connectivity index (χ1) is 9.74. The molecule has 5 heteroatoms. The highest BCUT2D eigenvalue weighted by Crippen LogP contribution is 2.03. The summed E-state index contributed by atoms with van der Waals surface area (Å²) in [5.41, 5.74) is 3.81. The molecule has 0 saturated heterocycles. The minimum atomic E-state index is -0.342. The monoisotopic (exact) mass is 271 g/mol. The molecule has 0 aliphatic carbocycles. The van der Waals surface area contributed by atoms with Gasteiger partial charge in [0, 0.05) is 5.69 Å². The predicted molar refractivity (Wildman–Crippen MR) is 77.1 cm³/mol. The first-order valence-electron chi connectivity index (χ1n) is 6.10. The molecule has 102 valence electrons. The van der Waals surface area contributed by atoms with Crippen molar-refractivity contribution in [3.8, 4) is 0 Å². The van der Waals surface area contributed by atoms with Crippen LogP contribution in [-0.4, -0.2) is 18.7 Å². The summed E-state index contributed by atoms with van der Waals surface area (Å²) in [7, 11) is 0. The van der Waals surface area contributed by atoms with Crippen molar-refractivity contribution >= 4 is 17.8 Å². The molecular weight excluding hydrogens is 257 g/mol. The van der Waals surface area contributed by atoms with Gasteiger partial charge in [0.1, 0.15) is 5.82 Å². The topological polar surface area (TPSA) is 53.5 Å². The second-order valence-corrected chi connectivity index (χ2v) is 4.07. The van der Waals surface area contributed by atoms with Crippen LogP contribution in [0.3, 0.4) is 0 Å². The molecule has 0 aromatic heterocycles. The molecule has 0 bridgehead atoms. The Kier molecular flexibility index (Phi) is 4.83. The van der Waals surface area contributed by atoms with E-state index >= 15 is 0 Å². The van der Waals surface area contributed by atoms with Gasteiger partial charge in [-0.25, -0.2) is 9.82 Å². The molecule has 1 amide bonds. The Labute approximate surface area is 116 Å². The summed E-state index contributed by atoms with van der Waals surface area (Å²) in [4.78, 5) is 11.5. The minimum Gasteiger partial charge on any atom is -0.376 e. The lowest BCUT2D eigenvalue weighted by atomic mass is 10.2. The number of nitrogens with zero attached hydrogens (tertiary/aromatic N) is 1. The quantitative estimate of drug-likeness (QED) is 0.648. The summed E-state index contributed by atoms with van der Waals surface area (Å²) >= 11 is 0.